The second-order valence-electron chi connectivity index (χ2n) is 2.50. The Morgan fingerprint density at radius 2 is 2.08 bits per heavy atom. The van der Waals surface area contributed by atoms with E-state index in [9.17, 15) is 4.79 Å². The zero-order valence-electron chi connectivity index (χ0n) is 8.26. The lowest BCUT2D eigenvalue weighted by Crippen LogP contribution is -2.33. The van der Waals surface area contributed by atoms with Crippen molar-refractivity contribution in [2.45, 2.75) is 0 Å². The van der Waals surface area contributed by atoms with Gasteiger partial charge >= 0.3 is 0 Å². The van der Waals surface area contributed by atoms with Crippen LogP contribution in [0.4, 0.5) is 0 Å². The molecule has 0 radical (unpaired) electrons. The van der Waals surface area contributed by atoms with Gasteiger partial charge in [-0.15, -0.1) is 0 Å². The van der Waals surface area contributed by atoms with Gasteiger partial charge in [0.15, 0.2) is 0 Å². The maximum Gasteiger partial charge on any atom is 0.246 e. The zero-order chi connectivity index (χ0) is 9.94. The summed E-state index contributed by atoms with van der Waals surface area (Å²) in [4.78, 5) is 11.0. The molecule has 0 bridgehead atoms. The third kappa shape index (κ3) is 9.26. The van der Waals surface area contributed by atoms with Gasteiger partial charge in [-0.25, -0.2) is 0 Å². The minimum absolute atomic E-state index is 0.0913. The predicted molar refractivity (Wildman–Crippen MR) is 49.6 cm³/mol. The molecule has 1 amide bonds. The lowest BCUT2D eigenvalue weighted by atomic mass is 10.5. The largest absolute Gasteiger partial charge is 0.382 e. The fraction of sp³-hybridized carbons (Fsp3) is 0.875. The predicted octanol–water partition coefficient (Wildman–Crippen LogP) is -1.01. The Hall–Kier alpha value is -0.650. The number of methoxy groups -OCH3 is 1. The van der Waals surface area contributed by atoms with E-state index in [-0.39, 0.29) is 12.5 Å². The topological polar surface area (TPSA) is 59.6 Å². The first-order valence-corrected chi connectivity index (χ1v) is 4.29. The first-order chi connectivity index (χ1) is 6.31. The Morgan fingerprint density at radius 3 is 2.69 bits per heavy atom. The van der Waals surface area contributed by atoms with Crippen molar-refractivity contribution in [3.05, 3.63) is 0 Å². The van der Waals surface area contributed by atoms with Crippen LogP contribution in [0, 0.1) is 0 Å². The van der Waals surface area contributed by atoms with Crippen LogP contribution in [0.3, 0.4) is 0 Å². The van der Waals surface area contributed by atoms with Gasteiger partial charge in [-0.05, 0) is 7.05 Å². The van der Waals surface area contributed by atoms with E-state index in [1.165, 1.54) is 0 Å². The summed E-state index contributed by atoms with van der Waals surface area (Å²) in [6, 6.07) is 0. The van der Waals surface area contributed by atoms with E-state index in [1.54, 1.807) is 7.11 Å². The monoisotopic (exact) mass is 190 g/mol. The van der Waals surface area contributed by atoms with Crippen LogP contribution in [0.1, 0.15) is 0 Å². The summed E-state index contributed by atoms with van der Waals surface area (Å²) in [5.41, 5.74) is 0. The smallest absolute Gasteiger partial charge is 0.246 e. The number of likely N-dealkylation sites (N-methyl/N-ethyl adjacent to an activating group) is 1. The van der Waals surface area contributed by atoms with Crippen molar-refractivity contribution in [3.8, 4) is 0 Å². The van der Waals surface area contributed by atoms with Gasteiger partial charge in [-0.2, -0.15) is 0 Å². The van der Waals surface area contributed by atoms with Gasteiger partial charge in [0.1, 0.15) is 6.61 Å². The van der Waals surface area contributed by atoms with Gasteiger partial charge < -0.3 is 20.1 Å². The molecule has 0 heterocycles. The van der Waals surface area contributed by atoms with Gasteiger partial charge in [-0.1, -0.05) is 0 Å². The summed E-state index contributed by atoms with van der Waals surface area (Å²) in [5, 5.41) is 5.62. The Bertz CT molecular complexity index is 131. The Labute approximate surface area is 78.8 Å². The van der Waals surface area contributed by atoms with Crippen molar-refractivity contribution in [1.29, 1.82) is 0 Å². The van der Waals surface area contributed by atoms with Gasteiger partial charge in [0.2, 0.25) is 5.91 Å². The van der Waals surface area contributed by atoms with Gasteiger partial charge in [-0.3, -0.25) is 4.79 Å². The van der Waals surface area contributed by atoms with Crippen molar-refractivity contribution >= 4 is 5.91 Å². The second kappa shape index (κ2) is 9.44. The fourth-order valence-electron chi connectivity index (χ4n) is 0.685. The lowest BCUT2D eigenvalue weighted by molar-refractivity contribution is -0.126. The number of hydrogen-bond donors (Lipinski definition) is 2. The highest BCUT2D eigenvalue weighted by Crippen LogP contribution is 1.76. The SMILES string of the molecule is CNCCNC(=O)COCCOC. The molecule has 0 saturated heterocycles. The number of nitrogens with one attached hydrogen (secondary N) is 2. The molecule has 0 aromatic rings. The molecule has 0 aliphatic heterocycles. The third-order valence-corrected chi connectivity index (χ3v) is 1.36. The molecule has 0 aromatic heterocycles. The molecule has 0 saturated carbocycles. The first-order valence-electron chi connectivity index (χ1n) is 4.29. The van der Waals surface area contributed by atoms with E-state index in [2.05, 4.69) is 10.6 Å². The molecule has 0 rings (SSSR count). The lowest BCUT2D eigenvalue weighted by Gasteiger charge is -2.05. The van der Waals surface area contributed by atoms with E-state index >= 15 is 0 Å². The number of amides is 1. The van der Waals surface area contributed by atoms with Crippen LogP contribution in [0.2, 0.25) is 0 Å². The van der Waals surface area contributed by atoms with Crippen molar-refractivity contribution in [3.63, 3.8) is 0 Å². The molecule has 2 N–H and O–H groups in total. The molecular weight excluding hydrogens is 172 g/mol. The molecule has 0 atom stereocenters. The molecule has 5 heteroatoms. The van der Waals surface area contributed by atoms with Crippen LogP contribution < -0.4 is 10.6 Å². The second-order valence-corrected chi connectivity index (χ2v) is 2.50. The highest BCUT2D eigenvalue weighted by atomic mass is 16.5. The van der Waals surface area contributed by atoms with Crippen LogP contribution in [-0.2, 0) is 14.3 Å². The normalized spacial score (nSPS) is 10.0. The average Bonchev–Trinajstić information content (AvgIpc) is 2.13. The number of hydrogen-bond acceptors (Lipinski definition) is 4. The van der Waals surface area contributed by atoms with Crippen molar-refractivity contribution in [2.24, 2.45) is 0 Å². The molecule has 0 aliphatic rings. The van der Waals surface area contributed by atoms with Crippen molar-refractivity contribution in [1.82, 2.24) is 10.6 Å². The molecule has 5 nitrogen and oxygen atoms in total. The van der Waals surface area contributed by atoms with Crippen molar-refractivity contribution in [2.75, 3.05) is 47.1 Å². The maximum atomic E-state index is 11.0. The van der Waals surface area contributed by atoms with Crippen LogP contribution in [0.15, 0.2) is 0 Å². The fourth-order valence-corrected chi connectivity index (χ4v) is 0.685. The molecular formula is C8H18N2O3. The van der Waals surface area contributed by atoms with E-state index in [4.69, 9.17) is 9.47 Å². The maximum absolute atomic E-state index is 11.0. The standard InChI is InChI=1S/C8H18N2O3/c1-9-3-4-10-8(11)7-13-6-5-12-2/h9H,3-7H2,1-2H3,(H,10,11). The van der Waals surface area contributed by atoms with E-state index in [0.29, 0.717) is 19.8 Å². The first kappa shape index (κ1) is 12.3. The number of ether oxygens (including phenoxy) is 2. The highest BCUT2D eigenvalue weighted by Gasteiger charge is 1.98. The number of carbonyl (C=O) groups excluding carboxylic acids is 1. The van der Waals surface area contributed by atoms with Gasteiger partial charge in [0.25, 0.3) is 0 Å². The highest BCUT2D eigenvalue weighted by molar-refractivity contribution is 5.77. The minimum atomic E-state index is -0.0913. The zero-order valence-corrected chi connectivity index (χ0v) is 8.26. The van der Waals surface area contributed by atoms with Crippen LogP contribution in [0.25, 0.3) is 0 Å². The molecule has 0 fully saturated rings. The number of rotatable bonds is 8. The molecule has 0 spiro atoms. The molecule has 0 unspecified atom stereocenters. The molecule has 13 heavy (non-hydrogen) atoms. The minimum Gasteiger partial charge on any atom is -0.382 e. The summed E-state index contributed by atoms with van der Waals surface area (Å²) < 4.78 is 9.76. The number of carbonyl (C=O) groups is 1. The van der Waals surface area contributed by atoms with Crippen molar-refractivity contribution < 1.29 is 14.3 Å². The Kier molecular flexibility index (Phi) is 8.97. The van der Waals surface area contributed by atoms with E-state index < -0.39 is 0 Å². The van der Waals surface area contributed by atoms with Gasteiger partial charge in [0.05, 0.1) is 13.2 Å². The molecule has 0 aromatic carbocycles. The third-order valence-electron chi connectivity index (χ3n) is 1.36. The van der Waals surface area contributed by atoms with E-state index in [1.807, 2.05) is 7.05 Å². The van der Waals surface area contributed by atoms with Crippen LogP contribution in [0.5, 0.6) is 0 Å². The summed E-state index contributed by atoms with van der Waals surface area (Å²) in [6.07, 6.45) is 0. The Balaban J connectivity index is 3.11. The summed E-state index contributed by atoms with van der Waals surface area (Å²) >= 11 is 0. The summed E-state index contributed by atoms with van der Waals surface area (Å²) in [6.45, 7) is 2.47. The van der Waals surface area contributed by atoms with Crippen LogP contribution >= 0.6 is 0 Å². The Morgan fingerprint density at radius 1 is 1.31 bits per heavy atom. The van der Waals surface area contributed by atoms with E-state index in [0.717, 1.165) is 6.54 Å². The quantitative estimate of drug-likeness (QED) is 0.481. The molecule has 78 valence electrons. The average molecular weight is 190 g/mol. The van der Waals surface area contributed by atoms with Crippen LogP contribution in [-0.4, -0.2) is 53.0 Å². The molecule has 0 aliphatic carbocycles. The summed E-state index contributed by atoms with van der Waals surface area (Å²) in [7, 11) is 3.43. The summed E-state index contributed by atoms with van der Waals surface area (Å²) in [5.74, 6) is -0.0913. The van der Waals surface area contributed by atoms with Gasteiger partial charge in [0, 0.05) is 20.2 Å².